The fraction of sp³-hybridized carbons (Fsp3) is 0.400. The Hall–Kier alpha value is -12.0. The molecule has 116 heavy (non-hydrogen) atoms. The molecule has 17 rings (SSSR count). The number of benzene rings is 6. The third-order valence-electron chi connectivity index (χ3n) is 21.4. The summed E-state index contributed by atoms with van der Waals surface area (Å²) in [7, 11) is 0. The number of carbonyl (C=O) groups is 10. The molecular formula is C85H91BrN14O16. The number of anilines is 2. The molecule has 0 radical (unpaired) electrons. The molecule has 0 saturated carbocycles. The molecule has 5 fully saturated rings. The highest BCUT2D eigenvalue weighted by molar-refractivity contribution is 9.10. The number of ether oxygens (including phenoxy) is 3. The van der Waals surface area contributed by atoms with E-state index in [1.165, 1.54) is 4.90 Å². The zero-order valence-corrected chi connectivity index (χ0v) is 67.4. The maximum Gasteiger partial charge on any atom is 0.410 e. The lowest BCUT2D eigenvalue weighted by Crippen LogP contribution is -2.53. The number of alkyl halides is 1. The van der Waals surface area contributed by atoms with Crippen LogP contribution in [0.5, 0.6) is 0 Å². The molecule has 7 aliphatic rings. The van der Waals surface area contributed by atoms with E-state index < -0.39 is 34.9 Å². The van der Waals surface area contributed by atoms with Crippen molar-refractivity contribution in [3.8, 4) is 0 Å². The first-order valence-corrected chi connectivity index (χ1v) is 39.8. The van der Waals surface area contributed by atoms with Crippen LogP contribution < -0.4 is 31.6 Å². The predicted molar refractivity (Wildman–Crippen MR) is 433 cm³/mol. The van der Waals surface area contributed by atoms with Gasteiger partial charge < -0.3 is 44.4 Å². The number of nitrogens with zero attached hydrogens (tertiary/aromatic N) is 11. The summed E-state index contributed by atoms with van der Waals surface area (Å²) >= 11 is 3.12. The molecule has 9 amide bonds. The maximum absolute atomic E-state index is 13.7. The Bertz CT molecular complexity index is 5690. The molecular weight excluding hydrogens is 1550 g/mol. The molecule has 4 aromatic heterocycles. The summed E-state index contributed by atoms with van der Waals surface area (Å²) in [6.45, 7) is 20.2. The number of aliphatic hydroxyl groups is 2. The monoisotopic (exact) mass is 1640 g/mol. The van der Waals surface area contributed by atoms with Crippen molar-refractivity contribution in [3.05, 3.63) is 183 Å². The van der Waals surface area contributed by atoms with Crippen molar-refractivity contribution < 1.29 is 72.4 Å². The molecule has 3 atom stereocenters. The standard InChI is InChI=1S/C30H31N5O6.C25H28N4O4.C25H26N4O4.C5H6BrNO2/c1-30(2,3)41-29(40)33-13-11-18(12-14-33)34-16-17(15-31-34)26(37)20-7-8-22-25-19(20)5-4-6-21(25)28(39)35(22)23-9-10-24(36)32-27(23)38;2*1-25(2,3)33-24(32)28-11-9-16(10-12-28)29-14-15(13-26-29)22(30)18-7-8-20-21-17(18)5-4-6-19(21)23(31)27-20;6-3-1-2-4(8)7-5(3)9/h4-8,15-16,18,23H,9-14H2,1-3H3,(H,32,36,38);4-8,13-14,16,22,30H,9-12H2,1-3H3,(H,27,31);4-8,13-14,16,30H,9-12H2,1-3H3;3H,1-2H2,(H,7,8,9). The van der Waals surface area contributed by atoms with Gasteiger partial charge in [-0.3, -0.25) is 67.9 Å². The number of aromatic nitrogens is 7. The van der Waals surface area contributed by atoms with Gasteiger partial charge in [0.25, 0.3) is 17.4 Å². The molecule has 6 aromatic carbocycles. The lowest BCUT2D eigenvalue weighted by atomic mass is 9.95. The number of amides is 9. The summed E-state index contributed by atoms with van der Waals surface area (Å²) in [6.07, 6.45) is 14.5. The normalized spacial score (nSPS) is 18.7. The van der Waals surface area contributed by atoms with E-state index in [4.69, 9.17) is 14.2 Å². The highest BCUT2D eigenvalue weighted by Gasteiger charge is 2.42. The SMILES string of the molecule is CC(C)(C)OC(=O)N1CCC(n2cc(C(=O)c3ccc4c5c(cccc35)C(=O)N4C3CCC(=O)NC3=O)cn2)CC1.CC(C)(C)OC(=O)N1CCC(n2cc(C(O)=c3ccc4nc(=O)c5cccc3c45)cn2)CC1.CC(C)(C)OC(=O)N1CCC(n2cc(C(O)c3ccc4c5c(cccc35)C(=O)N4)cn2)CC1.O=C1CCC(Br)C(=O)N1. The number of halogens is 1. The Balaban J connectivity index is 0.000000137. The Kier molecular flexibility index (Phi) is 22.5. The van der Waals surface area contributed by atoms with E-state index in [0.29, 0.717) is 131 Å². The molecule has 604 valence electrons. The van der Waals surface area contributed by atoms with E-state index in [0.717, 1.165) is 58.5 Å². The summed E-state index contributed by atoms with van der Waals surface area (Å²) in [5.74, 6) is -1.80. The number of rotatable bonds is 9. The molecule has 5 saturated heterocycles. The first-order valence-electron chi connectivity index (χ1n) is 38.9. The van der Waals surface area contributed by atoms with Gasteiger partial charge in [0, 0.05) is 120 Å². The zero-order chi connectivity index (χ0) is 82.6. The molecule has 10 aromatic rings. The number of likely N-dealkylation sites (tertiary alicyclic amines) is 3. The molecule has 0 bridgehead atoms. The topological polar surface area (TPSA) is 371 Å². The predicted octanol–water partition coefficient (Wildman–Crippen LogP) is 11.4. The molecule has 7 aliphatic heterocycles. The number of nitrogens with one attached hydrogen (secondary N) is 3. The van der Waals surface area contributed by atoms with Gasteiger partial charge in [0.15, 0.2) is 5.78 Å². The Morgan fingerprint density at radius 1 is 0.509 bits per heavy atom. The van der Waals surface area contributed by atoms with Crippen molar-refractivity contribution in [1.82, 2.24) is 59.7 Å². The van der Waals surface area contributed by atoms with Crippen molar-refractivity contribution in [2.75, 3.05) is 49.5 Å². The number of carbonyl (C=O) groups excluding carboxylic acids is 10. The van der Waals surface area contributed by atoms with Crippen molar-refractivity contribution in [2.24, 2.45) is 0 Å². The summed E-state index contributed by atoms with van der Waals surface area (Å²) < 4.78 is 21.9. The average molecular weight is 1640 g/mol. The Labute approximate surface area is 674 Å². The van der Waals surface area contributed by atoms with Gasteiger partial charge in [-0.15, -0.1) is 0 Å². The van der Waals surface area contributed by atoms with Gasteiger partial charge in [-0.1, -0.05) is 58.4 Å². The van der Waals surface area contributed by atoms with Crippen LogP contribution in [0.1, 0.15) is 204 Å². The van der Waals surface area contributed by atoms with Crippen molar-refractivity contribution in [3.63, 3.8) is 0 Å². The van der Waals surface area contributed by atoms with E-state index in [9.17, 15) is 63.0 Å². The van der Waals surface area contributed by atoms with Crippen molar-refractivity contribution in [2.45, 2.75) is 178 Å². The second-order valence-electron chi connectivity index (χ2n) is 32.9. The van der Waals surface area contributed by atoms with Crippen LogP contribution >= 0.6 is 15.9 Å². The lowest BCUT2D eigenvalue weighted by molar-refractivity contribution is -0.135. The Morgan fingerprint density at radius 3 is 1.57 bits per heavy atom. The number of ketones is 1. The van der Waals surface area contributed by atoms with Crippen LogP contribution in [0.3, 0.4) is 0 Å². The Morgan fingerprint density at radius 2 is 1.01 bits per heavy atom. The number of imide groups is 2. The van der Waals surface area contributed by atoms with Gasteiger partial charge in [0.05, 0.1) is 69.3 Å². The van der Waals surface area contributed by atoms with Gasteiger partial charge in [-0.2, -0.15) is 15.3 Å². The van der Waals surface area contributed by atoms with Crippen LogP contribution in [0.2, 0.25) is 0 Å². The minimum absolute atomic E-state index is 0.0442. The number of aliphatic hydroxyl groups excluding tert-OH is 2. The van der Waals surface area contributed by atoms with E-state index in [2.05, 4.69) is 52.2 Å². The summed E-state index contributed by atoms with van der Waals surface area (Å²) in [6, 6.07) is 26.4. The van der Waals surface area contributed by atoms with E-state index in [1.807, 2.05) is 114 Å². The summed E-state index contributed by atoms with van der Waals surface area (Å²) in [5, 5.41) is 48.8. The van der Waals surface area contributed by atoms with Crippen LogP contribution in [0.15, 0.2) is 133 Å². The van der Waals surface area contributed by atoms with Crippen LogP contribution in [-0.4, -0.2) is 186 Å². The summed E-state index contributed by atoms with van der Waals surface area (Å²) in [5.41, 5.74) is 4.09. The van der Waals surface area contributed by atoms with Crippen LogP contribution in [0.25, 0.3) is 49.0 Å². The number of hydrogen-bond donors (Lipinski definition) is 5. The van der Waals surface area contributed by atoms with Gasteiger partial charge in [-0.25, -0.2) is 19.4 Å². The third kappa shape index (κ3) is 17.1. The van der Waals surface area contributed by atoms with Crippen molar-refractivity contribution >= 4 is 136 Å². The molecule has 11 heterocycles. The van der Waals surface area contributed by atoms with E-state index in [1.54, 1.807) is 105 Å². The molecule has 0 spiro atoms. The molecule has 30 nitrogen and oxygen atoms in total. The highest BCUT2D eigenvalue weighted by atomic mass is 79.9. The van der Waals surface area contributed by atoms with Crippen LogP contribution in [0, 0.1) is 0 Å². The van der Waals surface area contributed by atoms with Crippen LogP contribution in [-0.2, 0) is 33.4 Å². The quantitative estimate of drug-likeness (QED) is 0.0388. The van der Waals surface area contributed by atoms with Gasteiger partial charge in [0.2, 0.25) is 23.6 Å². The highest BCUT2D eigenvalue weighted by Crippen LogP contribution is 2.43. The van der Waals surface area contributed by atoms with Crippen molar-refractivity contribution in [1.29, 1.82) is 0 Å². The minimum Gasteiger partial charge on any atom is -0.507 e. The van der Waals surface area contributed by atoms with Crippen LogP contribution in [0.4, 0.5) is 25.8 Å². The molecule has 5 N–H and O–H groups in total. The largest absolute Gasteiger partial charge is 0.507 e. The summed E-state index contributed by atoms with van der Waals surface area (Å²) in [4.78, 5) is 144. The fourth-order valence-electron chi connectivity index (χ4n) is 15.7. The number of hydrogen-bond acceptors (Lipinski definition) is 20. The van der Waals surface area contributed by atoms with Gasteiger partial charge >= 0.3 is 18.3 Å². The maximum atomic E-state index is 13.7. The second-order valence-corrected chi connectivity index (χ2v) is 34.0. The molecule has 0 aliphatic carbocycles. The first-order chi connectivity index (χ1) is 55.1. The average Bonchev–Trinajstić information content (AvgIpc) is 1.58. The minimum atomic E-state index is -0.861. The van der Waals surface area contributed by atoms with Gasteiger partial charge in [-0.05, 0) is 184 Å². The molecule has 31 heteroatoms. The third-order valence-corrected chi connectivity index (χ3v) is 22.3. The fourth-order valence-corrected chi connectivity index (χ4v) is 16.1. The second kappa shape index (κ2) is 32.4. The lowest BCUT2D eigenvalue weighted by Gasteiger charge is -2.33. The smallest absolute Gasteiger partial charge is 0.410 e. The van der Waals surface area contributed by atoms with Gasteiger partial charge in [0.1, 0.15) is 34.7 Å². The first kappa shape index (κ1) is 80.6. The number of piperidine rings is 5. The van der Waals surface area contributed by atoms with E-state index in [-0.39, 0.29) is 101 Å². The molecule has 3 unspecified atom stereocenters. The van der Waals surface area contributed by atoms with E-state index >= 15 is 0 Å². The zero-order valence-electron chi connectivity index (χ0n) is 65.8.